The first-order chi connectivity index (χ1) is 11.5. The van der Waals surface area contributed by atoms with Crippen LogP contribution in [-0.4, -0.2) is 48.9 Å². The zero-order valence-corrected chi connectivity index (χ0v) is 16.4. The number of quaternary nitrogens is 1. The molecule has 1 unspecified atom stereocenters. The van der Waals surface area contributed by atoms with Gasteiger partial charge in [-0.1, -0.05) is 30.3 Å². The Kier molecular flexibility index (Phi) is 8.10. The molecule has 0 radical (unpaired) electrons. The van der Waals surface area contributed by atoms with E-state index < -0.39 is 5.41 Å². The van der Waals surface area contributed by atoms with Gasteiger partial charge in [-0.2, -0.15) is 0 Å². The van der Waals surface area contributed by atoms with Crippen LogP contribution >= 0.6 is 0 Å². The van der Waals surface area contributed by atoms with Crippen LogP contribution in [0.3, 0.4) is 0 Å². The Hall–Kier alpha value is -1.39. The molecule has 1 aliphatic rings. The molecule has 25 heavy (non-hydrogen) atoms. The zero-order chi connectivity index (χ0) is 17.6. The summed E-state index contributed by atoms with van der Waals surface area (Å²) in [5.74, 6) is -0.0907. The Morgan fingerprint density at radius 3 is 2.24 bits per heavy atom. The molecule has 0 aliphatic carbocycles. The molecule has 1 heterocycles. The third-order valence-electron chi connectivity index (χ3n) is 5.84. The summed E-state index contributed by atoms with van der Waals surface area (Å²) in [7, 11) is 0. The van der Waals surface area contributed by atoms with Crippen molar-refractivity contribution in [1.29, 1.82) is 0 Å². The molecule has 1 aliphatic heterocycles. The number of rotatable bonds is 7. The first-order valence-corrected chi connectivity index (χ1v) is 9.27. The molecule has 0 aromatic heterocycles. The number of Topliss-reactive ketones (excluding diaryl/α,β-unsaturated/α-hetero) is 1. The Morgan fingerprint density at radius 1 is 1.08 bits per heavy atom. The molecular formula is C20H31ClN2O2. The maximum atomic E-state index is 13.4. The minimum atomic E-state index is -0.945. The predicted octanol–water partition coefficient (Wildman–Crippen LogP) is 0.0363. The fraction of sp³-hybridized carbons (Fsp3) is 0.600. The quantitative estimate of drug-likeness (QED) is 0.420. The van der Waals surface area contributed by atoms with Gasteiger partial charge in [-0.15, -0.1) is 0 Å². The second-order valence-corrected chi connectivity index (χ2v) is 6.94. The second-order valence-electron chi connectivity index (χ2n) is 6.94. The van der Waals surface area contributed by atoms with Crippen molar-refractivity contribution in [3.05, 3.63) is 35.9 Å². The van der Waals surface area contributed by atoms with Gasteiger partial charge in [-0.05, 0) is 40.0 Å². The molecule has 140 valence electrons. The summed E-state index contributed by atoms with van der Waals surface area (Å²) in [6.45, 7) is 10.5. The van der Waals surface area contributed by atoms with Crippen molar-refractivity contribution in [3.63, 3.8) is 0 Å². The average Bonchev–Trinajstić information content (AvgIpc) is 2.82. The van der Waals surface area contributed by atoms with E-state index in [0.717, 1.165) is 37.0 Å². The van der Waals surface area contributed by atoms with E-state index in [9.17, 15) is 9.59 Å². The maximum Gasteiger partial charge on any atom is 0.239 e. The normalized spacial score (nSPS) is 21.0. The first kappa shape index (κ1) is 21.7. The van der Waals surface area contributed by atoms with Crippen LogP contribution in [0.25, 0.3) is 0 Å². The Labute approximate surface area is 158 Å². The van der Waals surface area contributed by atoms with Gasteiger partial charge in [0.2, 0.25) is 5.91 Å². The molecule has 1 fully saturated rings. The van der Waals surface area contributed by atoms with Crippen molar-refractivity contribution in [2.45, 2.75) is 40.0 Å². The van der Waals surface area contributed by atoms with Crippen molar-refractivity contribution in [2.75, 3.05) is 32.7 Å². The lowest BCUT2D eigenvalue weighted by atomic mass is 9.74. The summed E-state index contributed by atoms with van der Waals surface area (Å²) in [5, 5.41) is 3.01. The minimum Gasteiger partial charge on any atom is -1.00 e. The fourth-order valence-electron chi connectivity index (χ4n) is 3.92. The van der Waals surface area contributed by atoms with Crippen LogP contribution < -0.4 is 17.7 Å². The van der Waals surface area contributed by atoms with Crippen LogP contribution in [-0.2, 0) is 4.79 Å². The summed E-state index contributed by atoms with van der Waals surface area (Å²) < 4.78 is 0.798. The highest BCUT2D eigenvalue weighted by Crippen LogP contribution is 2.35. The molecule has 1 N–H and O–H groups in total. The average molecular weight is 367 g/mol. The van der Waals surface area contributed by atoms with Gasteiger partial charge in [0.05, 0.1) is 19.6 Å². The molecule has 2 rings (SSSR count). The van der Waals surface area contributed by atoms with E-state index in [1.807, 2.05) is 30.3 Å². The van der Waals surface area contributed by atoms with Gasteiger partial charge >= 0.3 is 0 Å². The number of nitrogens with zero attached hydrogens (tertiary/aromatic N) is 1. The number of benzene rings is 1. The summed E-state index contributed by atoms with van der Waals surface area (Å²) in [6, 6.07) is 9.32. The Balaban J connectivity index is 0.00000312. The van der Waals surface area contributed by atoms with Gasteiger partial charge in [0, 0.05) is 12.1 Å². The van der Waals surface area contributed by atoms with Crippen molar-refractivity contribution < 1.29 is 26.5 Å². The molecule has 1 amide bonds. The summed E-state index contributed by atoms with van der Waals surface area (Å²) >= 11 is 0. The van der Waals surface area contributed by atoms with Gasteiger partial charge in [-0.3, -0.25) is 9.59 Å². The first-order valence-electron chi connectivity index (χ1n) is 9.27. The smallest absolute Gasteiger partial charge is 0.239 e. The highest BCUT2D eigenvalue weighted by atomic mass is 35.5. The molecule has 0 bridgehead atoms. The van der Waals surface area contributed by atoms with Gasteiger partial charge in [0.1, 0.15) is 6.54 Å². The third-order valence-corrected chi connectivity index (χ3v) is 5.84. The number of halogens is 1. The Bertz CT molecular complexity index is 564. The minimum absolute atomic E-state index is 0. The van der Waals surface area contributed by atoms with Gasteiger partial charge in [0.15, 0.2) is 11.2 Å². The van der Waals surface area contributed by atoms with Crippen LogP contribution in [0.15, 0.2) is 30.3 Å². The summed E-state index contributed by atoms with van der Waals surface area (Å²) in [4.78, 5) is 26.5. The van der Waals surface area contributed by atoms with Crippen LogP contribution in [0.1, 0.15) is 50.4 Å². The van der Waals surface area contributed by atoms with E-state index in [4.69, 9.17) is 0 Å². The van der Waals surface area contributed by atoms with E-state index in [2.05, 4.69) is 26.1 Å². The lowest BCUT2D eigenvalue weighted by Gasteiger charge is -2.42. The van der Waals surface area contributed by atoms with E-state index in [1.165, 1.54) is 0 Å². The fourth-order valence-corrected chi connectivity index (χ4v) is 3.92. The number of carbonyl (C=O) groups excluding carboxylic acids is 2. The molecule has 0 spiro atoms. The molecule has 1 aromatic carbocycles. The largest absolute Gasteiger partial charge is 1.00 e. The SMILES string of the molecule is CC[N+](CC)(CC)CC1(C(=O)c2ccccc2)CCCCNC1=O.[Cl-]. The Morgan fingerprint density at radius 2 is 1.68 bits per heavy atom. The van der Waals surface area contributed by atoms with Crippen molar-refractivity contribution >= 4 is 11.7 Å². The molecule has 4 nitrogen and oxygen atoms in total. The maximum absolute atomic E-state index is 13.4. The molecule has 1 aromatic rings. The van der Waals surface area contributed by atoms with E-state index >= 15 is 0 Å². The number of nitrogens with one attached hydrogen (secondary N) is 1. The van der Waals surface area contributed by atoms with E-state index in [0.29, 0.717) is 25.1 Å². The highest BCUT2D eigenvalue weighted by molar-refractivity contribution is 6.14. The van der Waals surface area contributed by atoms with E-state index in [1.54, 1.807) is 0 Å². The van der Waals surface area contributed by atoms with Crippen LogP contribution in [0, 0.1) is 5.41 Å². The number of hydrogen-bond acceptors (Lipinski definition) is 2. The highest BCUT2D eigenvalue weighted by Gasteiger charge is 2.51. The van der Waals surface area contributed by atoms with Crippen LogP contribution in [0.2, 0.25) is 0 Å². The van der Waals surface area contributed by atoms with Crippen molar-refractivity contribution in [2.24, 2.45) is 5.41 Å². The third kappa shape index (κ3) is 4.42. The summed E-state index contributed by atoms with van der Waals surface area (Å²) in [5.41, 5.74) is -0.296. The molecule has 1 atom stereocenters. The predicted molar refractivity (Wildman–Crippen MR) is 96.8 cm³/mol. The molecular weight excluding hydrogens is 336 g/mol. The zero-order valence-electron chi connectivity index (χ0n) is 15.7. The van der Waals surface area contributed by atoms with Gasteiger partial charge in [-0.25, -0.2) is 0 Å². The number of amides is 1. The molecule has 5 heteroatoms. The van der Waals surface area contributed by atoms with Crippen LogP contribution in [0.5, 0.6) is 0 Å². The van der Waals surface area contributed by atoms with Crippen LogP contribution in [0.4, 0.5) is 0 Å². The molecule has 1 saturated heterocycles. The number of ketones is 1. The standard InChI is InChI=1S/C20H30N2O2.ClH/c1-4-22(5-2,6-3)16-20(14-10-11-15-21-19(20)24)18(23)17-12-8-7-9-13-17;/h7-9,12-13H,4-6,10-11,14-16H2,1-3H3;1H. The topological polar surface area (TPSA) is 46.2 Å². The lowest BCUT2D eigenvalue weighted by Crippen LogP contribution is -3.00. The summed E-state index contributed by atoms with van der Waals surface area (Å²) in [6.07, 6.45) is 2.50. The van der Waals surface area contributed by atoms with E-state index in [-0.39, 0.29) is 24.1 Å². The van der Waals surface area contributed by atoms with Crippen molar-refractivity contribution in [1.82, 2.24) is 5.32 Å². The molecule has 0 saturated carbocycles. The van der Waals surface area contributed by atoms with Gasteiger partial charge in [0.25, 0.3) is 0 Å². The van der Waals surface area contributed by atoms with Gasteiger partial charge < -0.3 is 22.2 Å². The monoisotopic (exact) mass is 366 g/mol. The van der Waals surface area contributed by atoms with Crippen molar-refractivity contribution in [3.8, 4) is 0 Å². The lowest BCUT2D eigenvalue weighted by molar-refractivity contribution is -0.927. The number of carbonyl (C=O) groups is 2. The number of hydrogen-bond donors (Lipinski definition) is 1. The second kappa shape index (κ2) is 9.35.